The number of rotatable bonds is 6. The summed E-state index contributed by atoms with van der Waals surface area (Å²) in [6.07, 6.45) is 1.07. The largest absolute Gasteiger partial charge is 0.508 e. The number of hydrogen-bond acceptors (Lipinski definition) is 3. The summed E-state index contributed by atoms with van der Waals surface area (Å²) >= 11 is 0. The number of phenolic OH excluding ortho intramolecular Hbond substituents is 1. The van der Waals surface area contributed by atoms with E-state index in [1.807, 2.05) is 19.2 Å². The predicted octanol–water partition coefficient (Wildman–Crippen LogP) is 1.99. The maximum absolute atomic E-state index is 9.27. The Morgan fingerprint density at radius 3 is 2.44 bits per heavy atom. The average molecular weight is 222 g/mol. The molecule has 0 aliphatic rings. The molecule has 3 nitrogen and oxygen atoms in total. The summed E-state index contributed by atoms with van der Waals surface area (Å²) in [5.74, 6) is 0.330. The van der Waals surface area contributed by atoms with Crippen LogP contribution in [0.3, 0.4) is 0 Å². The molecule has 0 heterocycles. The maximum atomic E-state index is 9.27. The van der Waals surface area contributed by atoms with Crippen molar-refractivity contribution in [1.82, 2.24) is 10.2 Å². The topological polar surface area (TPSA) is 35.5 Å². The van der Waals surface area contributed by atoms with Gasteiger partial charge in [0, 0.05) is 19.1 Å². The van der Waals surface area contributed by atoms with Crippen LogP contribution in [0.25, 0.3) is 0 Å². The van der Waals surface area contributed by atoms with Gasteiger partial charge in [0.15, 0.2) is 0 Å². The molecule has 0 saturated carbocycles. The number of nitrogens with zero attached hydrogens (tertiary/aromatic N) is 1. The molecule has 1 aromatic carbocycles. The molecule has 1 aromatic rings. The van der Waals surface area contributed by atoms with Gasteiger partial charge in [0.25, 0.3) is 0 Å². The van der Waals surface area contributed by atoms with Crippen molar-refractivity contribution in [2.75, 3.05) is 27.2 Å². The zero-order valence-corrected chi connectivity index (χ0v) is 10.4. The quantitative estimate of drug-likeness (QED) is 0.772. The molecule has 0 amide bonds. The first-order valence-electron chi connectivity index (χ1n) is 5.82. The average Bonchev–Trinajstić information content (AvgIpc) is 2.30. The summed E-state index contributed by atoms with van der Waals surface area (Å²) in [7, 11) is 4.10. The van der Waals surface area contributed by atoms with Gasteiger partial charge < -0.3 is 10.4 Å². The van der Waals surface area contributed by atoms with Crippen LogP contribution in [0.5, 0.6) is 5.75 Å². The summed E-state index contributed by atoms with van der Waals surface area (Å²) < 4.78 is 0. The fourth-order valence-electron chi connectivity index (χ4n) is 1.94. The third kappa shape index (κ3) is 3.51. The van der Waals surface area contributed by atoms with Crippen LogP contribution in [-0.2, 0) is 0 Å². The van der Waals surface area contributed by atoms with Gasteiger partial charge in [-0.3, -0.25) is 4.90 Å². The summed E-state index contributed by atoms with van der Waals surface area (Å²) in [5, 5.41) is 12.4. The maximum Gasteiger partial charge on any atom is 0.115 e. The van der Waals surface area contributed by atoms with E-state index in [4.69, 9.17) is 0 Å². The molecule has 2 N–H and O–H groups in total. The van der Waals surface area contributed by atoms with Crippen molar-refractivity contribution >= 4 is 0 Å². The fourth-order valence-corrected chi connectivity index (χ4v) is 1.94. The Hall–Kier alpha value is -1.06. The Morgan fingerprint density at radius 2 is 1.94 bits per heavy atom. The summed E-state index contributed by atoms with van der Waals surface area (Å²) in [6, 6.07) is 7.93. The molecule has 1 rings (SSSR count). The Morgan fingerprint density at radius 1 is 1.31 bits per heavy atom. The second kappa shape index (κ2) is 6.51. The zero-order valence-electron chi connectivity index (χ0n) is 10.4. The minimum atomic E-state index is 0.330. The molecular formula is C13H22N2O. The van der Waals surface area contributed by atoms with Crippen LogP contribution < -0.4 is 5.32 Å². The molecule has 0 radical (unpaired) electrons. The van der Waals surface area contributed by atoms with Crippen LogP contribution in [0, 0.1) is 0 Å². The van der Waals surface area contributed by atoms with E-state index in [1.165, 1.54) is 5.56 Å². The second-order valence-electron chi connectivity index (χ2n) is 4.10. The molecule has 1 unspecified atom stereocenters. The van der Waals surface area contributed by atoms with Gasteiger partial charge in [-0.25, -0.2) is 0 Å². The van der Waals surface area contributed by atoms with Gasteiger partial charge in [0.2, 0.25) is 0 Å². The minimum Gasteiger partial charge on any atom is -0.508 e. The lowest BCUT2D eigenvalue weighted by atomic mass is 10.0. The predicted molar refractivity (Wildman–Crippen MR) is 67.7 cm³/mol. The molecule has 1 atom stereocenters. The number of likely N-dealkylation sites (N-methyl/N-ethyl adjacent to an activating group) is 2. The fraction of sp³-hybridized carbons (Fsp3) is 0.538. The van der Waals surface area contributed by atoms with Gasteiger partial charge in [-0.15, -0.1) is 0 Å². The Kier molecular flexibility index (Phi) is 5.29. The highest BCUT2D eigenvalue weighted by Crippen LogP contribution is 2.24. The second-order valence-corrected chi connectivity index (χ2v) is 4.10. The van der Waals surface area contributed by atoms with Gasteiger partial charge >= 0.3 is 0 Å². The molecule has 0 saturated heterocycles. The van der Waals surface area contributed by atoms with E-state index in [1.54, 1.807) is 12.1 Å². The van der Waals surface area contributed by atoms with Crippen molar-refractivity contribution < 1.29 is 5.11 Å². The van der Waals surface area contributed by atoms with Crippen LogP contribution in [0.2, 0.25) is 0 Å². The van der Waals surface area contributed by atoms with E-state index in [9.17, 15) is 5.11 Å². The zero-order chi connectivity index (χ0) is 12.0. The molecule has 0 bridgehead atoms. The number of aromatic hydroxyl groups is 1. The number of benzene rings is 1. The van der Waals surface area contributed by atoms with Crippen LogP contribution in [-0.4, -0.2) is 37.2 Å². The van der Waals surface area contributed by atoms with Gasteiger partial charge in [0.05, 0.1) is 0 Å². The van der Waals surface area contributed by atoms with Gasteiger partial charge in [-0.2, -0.15) is 0 Å². The van der Waals surface area contributed by atoms with Crippen molar-refractivity contribution in [3.05, 3.63) is 29.8 Å². The summed E-state index contributed by atoms with van der Waals surface area (Å²) in [4.78, 5) is 2.34. The van der Waals surface area contributed by atoms with Gasteiger partial charge in [0.1, 0.15) is 5.75 Å². The lowest BCUT2D eigenvalue weighted by molar-refractivity contribution is 0.240. The molecule has 90 valence electrons. The molecule has 0 fully saturated rings. The third-order valence-electron chi connectivity index (χ3n) is 2.91. The standard InChI is InChI=1S/C13H22N2O/c1-4-13(15(3)10-9-14-2)11-5-7-12(16)8-6-11/h5-8,13-14,16H,4,9-10H2,1-3H3. The first kappa shape index (κ1) is 13.0. The van der Waals surface area contributed by atoms with Crippen molar-refractivity contribution in [2.24, 2.45) is 0 Å². The Balaban J connectivity index is 2.69. The van der Waals surface area contributed by atoms with E-state index < -0.39 is 0 Å². The highest BCUT2D eigenvalue weighted by molar-refractivity contribution is 5.28. The van der Waals surface area contributed by atoms with Crippen LogP contribution >= 0.6 is 0 Å². The monoisotopic (exact) mass is 222 g/mol. The normalized spacial score (nSPS) is 13.0. The van der Waals surface area contributed by atoms with Gasteiger partial charge in [-0.05, 0) is 38.2 Å². The smallest absolute Gasteiger partial charge is 0.115 e. The van der Waals surface area contributed by atoms with E-state index in [2.05, 4.69) is 24.2 Å². The molecule has 0 aliphatic heterocycles. The SMILES string of the molecule is CCC(c1ccc(O)cc1)N(C)CCNC. The molecule has 3 heteroatoms. The van der Waals surface area contributed by atoms with Crippen LogP contribution in [0.15, 0.2) is 24.3 Å². The lowest BCUT2D eigenvalue weighted by Crippen LogP contribution is -2.30. The van der Waals surface area contributed by atoms with Crippen molar-refractivity contribution in [3.8, 4) is 5.75 Å². The summed E-state index contributed by atoms with van der Waals surface area (Å²) in [6.45, 7) is 4.20. The minimum absolute atomic E-state index is 0.330. The third-order valence-corrected chi connectivity index (χ3v) is 2.91. The van der Waals surface area contributed by atoms with E-state index >= 15 is 0 Å². The lowest BCUT2D eigenvalue weighted by Gasteiger charge is -2.27. The number of hydrogen-bond donors (Lipinski definition) is 2. The van der Waals surface area contributed by atoms with Crippen LogP contribution in [0.4, 0.5) is 0 Å². The van der Waals surface area contributed by atoms with E-state index in [-0.39, 0.29) is 0 Å². The highest BCUT2D eigenvalue weighted by atomic mass is 16.3. The Bertz CT molecular complexity index is 297. The first-order chi connectivity index (χ1) is 7.69. The first-order valence-corrected chi connectivity index (χ1v) is 5.82. The van der Waals surface area contributed by atoms with Gasteiger partial charge in [-0.1, -0.05) is 19.1 Å². The molecule has 0 aromatic heterocycles. The molecule has 0 aliphatic carbocycles. The highest BCUT2D eigenvalue weighted by Gasteiger charge is 2.14. The van der Waals surface area contributed by atoms with E-state index in [0.29, 0.717) is 11.8 Å². The molecular weight excluding hydrogens is 200 g/mol. The molecule has 0 spiro atoms. The van der Waals surface area contributed by atoms with Crippen molar-refractivity contribution in [1.29, 1.82) is 0 Å². The van der Waals surface area contributed by atoms with E-state index in [0.717, 1.165) is 19.5 Å². The number of phenols is 1. The molecule has 16 heavy (non-hydrogen) atoms. The van der Waals surface area contributed by atoms with Crippen molar-refractivity contribution in [2.45, 2.75) is 19.4 Å². The van der Waals surface area contributed by atoms with Crippen LogP contribution in [0.1, 0.15) is 24.9 Å². The van der Waals surface area contributed by atoms with Crippen molar-refractivity contribution in [3.63, 3.8) is 0 Å². The Labute approximate surface area is 98.1 Å². The number of nitrogens with one attached hydrogen (secondary N) is 1. The summed E-state index contributed by atoms with van der Waals surface area (Å²) in [5.41, 5.74) is 1.26.